The average Bonchev–Trinajstić information content (AvgIpc) is 2.46. The molecule has 4 N–H and O–H groups in total. The fourth-order valence-electron chi connectivity index (χ4n) is 1.74. The Bertz CT molecular complexity index is 616. The lowest BCUT2D eigenvalue weighted by atomic mass is 10.2. The third-order valence-electron chi connectivity index (χ3n) is 3.14. The molecule has 1 unspecified atom stereocenters. The zero-order chi connectivity index (χ0) is 16.8. The molecule has 22 heavy (non-hydrogen) atoms. The van der Waals surface area contributed by atoms with Crippen LogP contribution in [0.2, 0.25) is 0 Å². The normalized spacial score (nSPS) is 12.9. The highest BCUT2D eigenvalue weighted by molar-refractivity contribution is 7.89. The van der Waals surface area contributed by atoms with Crippen LogP contribution in [-0.4, -0.2) is 43.8 Å². The van der Waals surface area contributed by atoms with Crippen molar-refractivity contribution in [3.05, 3.63) is 23.8 Å². The third-order valence-corrected chi connectivity index (χ3v) is 4.77. The summed E-state index contributed by atoms with van der Waals surface area (Å²) in [4.78, 5) is 11.0. The summed E-state index contributed by atoms with van der Waals surface area (Å²) in [5.41, 5.74) is 0.214. The molecule has 0 heterocycles. The number of benzene rings is 1. The van der Waals surface area contributed by atoms with Gasteiger partial charge in [-0.2, -0.15) is 0 Å². The van der Waals surface area contributed by atoms with Crippen molar-refractivity contribution < 1.29 is 23.4 Å². The van der Waals surface area contributed by atoms with E-state index in [0.717, 1.165) is 6.07 Å². The van der Waals surface area contributed by atoms with Crippen LogP contribution in [0.25, 0.3) is 0 Å². The summed E-state index contributed by atoms with van der Waals surface area (Å²) in [5, 5.41) is 20.7. The summed E-state index contributed by atoms with van der Waals surface area (Å²) in [5.74, 6) is -1.19. The maximum Gasteiger partial charge on any atom is 0.335 e. The van der Waals surface area contributed by atoms with Gasteiger partial charge in [0.25, 0.3) is 0 Å². The molecule has 0 aliphatic heterocycles. The first-order valence-corrected chi connectivity index (χ1v) is 8.54. The molecule has 0 aliphatic rings. The van der Waals surface area contributed by atoms with Gasteiger partial charge in [-0.1, -0.05) is 6.92 Å². The molecule has 124 valence electrons. The van der Waals surface area contributed by atoms with Crippen LogP contribution in [0.15, 0.2) is 23.1 Å². The molecule has 1 aromatic rings. The highest BCUT2D eigenvalue weighted by atomic mass is 32.2. The van der Waals surface area contributed by atoms with Crippen molar-refractivity contribution in [3.8, 4) is 0 Å². The lowest BCUT2D eigenvalue weighted by molar-refractivity contribution is 0.0696. The minimum Gasteiger partial charge on any atom is -0.478 e. The Morgan fingerprint density at radius 1 is 1.36 bits per heavy atom. The van der Waals surface area contributed by atoms with Gasteiger partial charge in [0, 0.05) is 19.2 Å². The number of hydrogen-bond donors (Lipinski definition) is 4. The first kappa shape index (κ1) is 18.4. The van der Waals surface area contributed by atoms with E-state index in [1.165, 1.54) is 12.1 Å². The van der Waals surface area contributed by atoms with Crippen LogP contribution in [0.4, 0.5) is 5.69 Å². The van der Waals surface area contributed by atoms with Crippen LogP contribution in [0.5, 0.6) is 0 Å². The summed E-state index contributed by atoms with van der Waals surface area (Å²) in [6.07, 6.45) is 1.07. The number of aromatic carboxylic acids is 1. The first-order chi connectivity index (χ1) is 10.3. The Hall–Kier alpha value is -1.64. The Morgan fingerprint density at radius 3 is 2.59 bits per heavy atom. The second-order valence-corrected chi connectivity index (χ2v) is 6.63. The van der Waals surface area contributed by atoms with E-state index in [1.54, 1.807) is 6.92 Å². The molecule has 0 aliphatic carbocycles. The molecule has 0 amide bonds. The lowest BCUT2D eigenvalue weighted by Crippen LogP contribution is -2.32. The zero-order valence-electron chi connectivity index (χ0n) is 12.7. The highest BCUT2D eigenvalue weighted by Crippen LogP contribution is 2.23. The monoisotopic (exact) mass is 330 g/mol. The van der Waals surface area contributed by atoms with Gasteiger partial charge in [-0.05, 0) is 38.0 Å². The standard InChI is InChI=1S/C14H22N2O5S/c1-3-10(2)16-22(20,21)13-9-11(14(18)19)5-6-12(13)15-7-4-8-17/h5-6,9-10,15-17H,3-4,7-8H2,1-2H3,(H,18,19). The maximum absolute atomic E-state index is 12.4. The Balaban J connectivity index is 3.21. The first-order valence-electron chi connectivity index (χ1n) is 7.06. The number of aliphatic hydroxyl groups excluding tert-OH is 1. The van der Waals surface area contributed by atoms with Crippen molar-refractivity contribution in [3.63, 3.8) is 0 Å². The van der Waals surface area contributed by atoms with Crippen LogP contribution in [-0.2, 0) is 10.0 Å². The van der Waals surface area contributed by atoms with Crippen LogP contribution >= 0.6 is 0 Å². The van der Waals surface area contributed by atoms with E-state index in [9.17, 15) is 13.2 Å². The number of hydrogen-bond acceptors (Lipinski definition) is 5. The van der Waals surface area contributed by atoms with Crippen LogP contribution in [0.1, 0.15) is 37.0 Å². The lowest BCUT2D eigenvalue weighted by Gasteiger charge is -2.16. The number of carbonyl (C=O) groups is 1. The molecule has 7 nitrogen and oxygen atoms in total. The predicted molar refractivity (Wildman–Crippen MR) is 83.7 cm³/mol. The number of anilines is 1. The van der Waals surface area contributed by atoms with E-state index in [4.69, 9.17) is 10.2 Å². The molecular formula is C14H22N2O5S. The molecule has 0 saturated heterocycles. The van der Waals surface area contributed by atoms with Gasteiger partial charge < -0.3 is 15.5 Å². The number of aliphatic hydroxyl groups is 1. The van der Waals surface area contributed by atoms with Gasteiger partial charge in [0.2, 0.25) is 10.0 Å². The molecular weight excluding hydrogens is 308 g/mol. The largest absolute Gasteiger partial charge is 0.478 e. The zero-order valence-corrected chi connectivity index (χ0v) is 13.5. The molecule has 1 aromatic carbocycles. The summed E-state index contributed by atoms with van der Waals surface area (Å²) in [6, 6.07) is 3.63. The van der Waals surface area contributed by atoms with Crippen LogP contribution in [0.3, 0.4) is 0 Å². The summed E-state index contributed by atoms with van der Waals surface area (Å²) >= 11 is 0. The second kappa shape index (κ2) is 8.11. The molecule has 0 aromatic heterocycles. The fourth-order valence-corrected chi connectivity index (χ4v) is 3.27. The smallest absolute Gasteiger partial charge is 0.335 e. The van der Waals surface area contributed by atoms with Crippen molar-refractivity contribution in [2.24, 2.45) is 0 Å². The van der Waals surface area contributed by atoms with E-state index in [1.807, 2.05) is 6.92 Å². The minimum atomic E-state index is -3.83. The summed E-state index contributed by atoms with van der Waals surface area (Å²) in [7, 11) is -3.83. The molecule has 0 radical (unpaired) electrons. The Morgan fingerprint density at radius 2 is 2.05 bits per heavy atom. The second-order valence-electron chi connectivity index (χ2n) is 4.95. The fraction of sp³-hybridized carbons (Fsp3) is 0.500. The van der Waals surface area contributed by atoms with Crippen molar-refractivity contribution in [2.75, 3.05) is 18.5 Å². The molecule has 0 spiro atoms. The molecule has 1 rings (SSSR count). The van der Waals surface area contributed by atoms with Gasteiger partial charge >= 0.3 is 5.97 Å². The molecule has 0 bridgehead atoms. The van der Waals surface area contributed by atoms with Crippen molar-refractivity contribution in [2.45, 2.75) is 37.6 Å². The predicted octanol–water partition coefficient (Wildman–Crippen LogP) is 1.26. The molecule has 8 heteroatoms. The van der Waals surface area contributed by atoms with E-state index in [0.29, 0.717) is 25.1 Å². The van der Waals surface area contributed by atoms with Crippen molar-refractivity contribution >= 4 is 21.7 Å². The number of sulfonamides is 1. The van der Waals surface area contributed by atoms with Crippen molar-refractivity contribution in [1.29, 1.82) is 0 Å². The van der Waals surface area contributed by atoms with Gasteiger partial charge in [-0.3, -0.25) is 0 Å². The maximum atomic E-state index is 12.4. The number of rotatable bonds is 9. The summed E-state index contributed by atoms with van der Waals surface area (Å²) in [6.45, 7) is 3.95. The van der Waals surface area contributed by atoms with Gasteiger partial charge in [0.1, 0.15) is 4.90 Å². The molecule has 0 saturated carbocycles. The number of nitrogens with one attached hydrogen (secondary N) is 2. The third kappa shape index (κ3) is 4.97. The van der Waals surface area contributed by atoms with Crippen molar-refractivity contribution in [1.82, 2.24) is 4.72 Å². The summed E-state index contributed by atoms with van der Waals surface area (Å²) < 4.78 is 27.4. The highest BCUT2D eigenvalue weighted by Gasteiger charge is 2.22. The van der Waals surface area contributed by atoms with E-state index in [2.05, 4.69) is 10.0 Å². The Kier molecular flexibility index (Phi) is 6.79. The SMILES string of the molecule is CCC(C)NS(=O)(=O)c1cc(C(=O)O)ccc1NCCCO. The van der Waals surface area contributed by atoms with Gasteiger partial charge in [-0.15, -0.1) is 0 Å². The average molecular weight is 330 g/mol. The van der Waals surface area contributed by atoms with Gasteiger partial charge in [0.05, 0.1) is 11.3 Å². The number of carboxylic acids is 1. The quantitative estimate of drug-likeness (QED) is 0.507. The van der Waals surface area contributed by atoms with Gasteiger partial charge in [-0.25, -0.2) is 17.9 Å². The van der Waals surface area contributed by atoms with E-state index in [-0.39, 0.29) is 23.1 Å². The molecule has 0 fully saturated rings. The molecule has 1 atom stereocenters. The van der Waals surface area contributed by atoms with E-state index < -0.39 is 16.0 Å². The Labute approximate surface area is 130 Å². The minimum absolute atomic E-state index is 0.0204. The van der Waals surface area contributed by atoms with E-state index >= 15 is 0 Å². The number of carboxylic acid groups (broad SMARTS) is 1. The van der Waals surface area contributed by atoms with Crippen LogP contribution in [0, 0.1) is 0 Å². The van der Waals surface area contributed by atoms with Gasteiger partial charge in [0.15, 0.2) is 0 Å². The van der Waals surface area contributed by atoms with Crippen LogP contribution < -0.4 is 10.0 Å². The topological polar surface area (TPSA) is 116 Å².